The monoisotopic (exact) mass is 525 g/mol. The second kappa shape index (κ2) is 9.58. The maximum absolute atomic E-state index is 13.7. The summed E-state index contributed by atoms with van der Waals surface area (Å²) in [6.45, 7) is -0.504. The van der Waals surface area contributed by atoms with Crippen LogP contribution >= 0.6 is 34.8 Å². The molecule has 0 spiro atoms. The molecule has 0 saturated carbocycles. The molecule has 33 heavy (non-hydrogen) atoms. The summed E-state index contributed by atoms with van der Waals surface area (Å²) in [5.74, 6) is -2.43. The van der Waals surface area contributed by atoms with E-state index in [1.807, 2.05) is 0 Å². The van der Waals surface area contributed by atoms with Crippen LogP contribution in [0.1, 0.15) is 11.1 Å². The Kier molecular flexibility index (Phi) is 7.20. The van der Waals surface area contributed by atoms with Gasteiger partial charge in [-0.1, -0.05) is 40.9 Å². The molecular weight excluding hydrogens is 516 g/mol. The lowest BCUT2D eigenvalue weighted by Crippen LogP contribution is -2.29. The molecular formula is C20H11Cl3F5N3O2. The van der Waals surface area contributed by atoms with Crippen LogP contribution in [0.15, 0.2) is 36.5 Å². The Morgan fingerprint density at radius 2 is 1.70 bits per heavy atom. The highest BCUT2D eigenvalue weighted by molar-refractivity contribution is 6.42. The van der Waals surface area contributed by atoms with Gasteiger partial charge in [0.15, 0.2) is 5.75 Å². The zero-order valence-corrected chi connectivity index (χ0v) is 18.3. The number of rotatable bonds is 4. The van der Waals surface area contributed by atoms with Gasteiger partial charge in [0.2, 0.25) is 0 Å². The number of pyridine rings is 1. The first-order chi connectivity index (χ1) is 15.4. The van der Waals surface area contributed by atoms with Gasteiger partial charge < -0.3 is 15.7 Å². The van der Waals surface area contributed by atoms with Crippen molar-refractivity contribution in [2.75, 3.05) is 5.32 Å². The van der Waals surface area contributed by atoms with Crippen LogP contribution in [-0.2, 0) is 12.7 Å². The predicted molar refractivity (Wildman–Crippen MR) is 114 cm³/mol. The smallest absolute Gasteiger partial charge is 0.417 e. The third-order valence-corrected chi connectivity index (χ3v) is 5.29. The highest BCUT2D eigenvalue weighted by Crippen LogP contribution is 2.46. The Bertz CT molecular complexity index is 1220. The first-order valence-electron chi connectivity index (χ1n) is 8.82. The molecule has 1 aromatic heterocycles. The van der Waals surface area contributed by atoms with Crippen molar-refractivity contribution in [3.8, 4) is 17.0 Å². The van der Waals surface area contributed by atoms with Gasteiger partial charge in [0, 0.05) is 17.3 Å². The topological polar surface area (TPSA) is 74.2 Å². The largest absolute Gasteiger partial charge is 0.504 e. The molecule has 3 aromatic rings. The predicted octanol–water partition coefficient (Wildman–Crippen LogP) is 7.03. The number of alkyl halides is 3. The van der Waals surface area contributed by atoms with E-state index in [0.29, 0.717) is 12.3 Å². The number of benzene rings is 2. The maximum atomic E-state index is 13.7. The summed E-state index contributed by atoms with van der Waals surface area (Å²) in [5.41, 5.74) is -2.18. The molecule has 0 atom stereocenters. The third-order valence-electron chi connectivity index (χ3n) is 4.33. The number of carbonyl (C=O) groups excluding carboxylic acids is 1. The van der Waals surface area contributed by atoms with Crippen LogP contribution in [0.5, 0.6) is 5.75 Å². The van der Waals surface area contributed by atoms with Gasteiger partial charge in [0.1, 0.15) is 11.6 Å². The van der Waals surface area contributed by atoms with Crippen molar-refractivity contribution < 1.29 is 31.9 Å². The summed E-state index contributed by atoms with van der Waals surface area (Å²) >= 11 is 18.2. The van der Waals surface area contributed by atoms with Crippen molar-refractivity contribution in [1.29, 1.82) is 0 Å². The summed E-state index contributed by atoms with van der Waals surface area (Å²) in [6, 6.07) is 3.91. The fourth-order valence-corrected chi connectivity index (χ4v) is 3.63. The molecule has 0 aliphatic rings. The van der Waals surface area contributed by atoms with Crippen LogP contribution in [0.25, 0.3) is 11.3 Å². The Balaban J connectivity index is 1.85. The van der Waals surface area contributed by atoms with Gasteiger partial charge in [-0.05, 0) is 24.3 Å². The van der Waals surface area contributed by atoms with E-state index >= 15 is 0 Å². The normalized spacial score (nSPS) is 11.4. The Morgan fingerprint density at radius 3 is 2.27 bits per heavy atom. The number of nitrogens with zero attached hydrogens (tertiary/aromatic N) is 1. The van der Waals surface area contributed by atoms with Crippen molar-refractivity contribution in [3.05, 3.63) is 74.4 Å². The third kappa shape index (κ3) is 5.40. The molecule has 0 unspecified atom stereocenters. The number of nitrogens with one attached hydrogen (secondary N) is 2. The fourth-order valence-electron chi connectivity index (χ4n) is 2.73. The first kappa shape index (κ1) is 24.8. The summed E-state index contributed by atoms with van der Waals surface area (Å²) in [7, 11) is 0. The summed E-state index contributed by atoms with van der Waals surface area (Å²) in [6.07, 6.45) is -4.16. The molecule has 0 bridgehead atoms. The van der Waals surface area contributed by atoms with Gasteiger partial charge in [-0.3, -0.25) is 4.98 Å². The molecule has 13 heteroatoms. The molecule has 174 valence electrons. The number of carbonyl (C=O) groups is 1. The lowest BCUT2D eigenvalue weighted by Gasteiger charge is -2.15. The highest BCUT2D eigenvalue weighted by atomic mass is 35.5. The average Bonchev–Trinajstić information content (AvgIpc) is 2.72. The number of phenolic OH excluding ortho intramolecular Hbond substituents is 1. The number of hydrogen-bond acceptors (Lipinski definition) is 3. The van der Waals surface area contributed by atoms with Gasteiger partial charge in [0.05, 0.1) is 38.6 Å². The van der Waals surface area contributed by atoms with E-state index in [1.54, 1.807) is 0 Å². The Morgan fingerprint density at radius 1 is 1.06 bits per heavy atom. The molecule has 0 fully saturated rings. The summed E-state index contributed by atoms with van der Waals surface area (Å²) < 4.78 is 65.8. The number of aromatic nitrogens is 1. The second-order valence-corrected chi connectivity index (χ2v) is 7.70. The van der Waals surface area contributed by atoms with E-state index in [1.165, 1.54) is 0 Å². The molecule has 0 aliphatic carbocycles. The molecule has 2 amide bonds. The zero-order valence-electron chi connectivity index (χ0n) is 16.0. The molecule has 5 nitrogen and oxygen atoms in total. The highest BCUT2D eigenvalue weighted by Gasteiger charge is 2.32. The Labute approximate surface area is 198 Å². The van der Waals surface area contributed by atoms with E-state index in [-0.39, 0.29) is 27.5 Å². The minimum Gasteiger partial charge on any atom is -0.504 e. The number of amides is 2. The lowest BCUT2D eigenvalue weighted by atomic mass is 10.1. The molecule has 0 aliphatic heterocycles. The minimum atomic E-state index is -4.68. The van der Waals surface area contributed by atoms with Gasteiger partial charge in [-0.25, -0.2) is 13.6 Å². The number of phenols is 1. The van der Waals surface area contributed by atoms with Crippen LogP contribution in [0, 0.1) is 11.6 Å². The fraction of sp³-hybridized carbons (Fsp3) is 0.100. The SMILES string of the molecule is O=C(NCc1c(F)cccc1F)Nc1cc(Cl)c(-c2ncc(C(F)(F)F)cc2Cl)c(Cl)c1O. The van der Waals surface area contributed by atoms with Crippen LogP contribution < -0.4 is 10.6 Å². The number of hydrogen-bond donors (Lipinski definition) is 3. The van der Waals surface area contributed by atoms with Gasteiger partial charge in [0.25, 0.3) is 0 Å². The summed E-state index contributed by atoms with van der Waals surface area (Å²) in [5, 5.41) is 13.7. The quantitative estimate of drug-likeness (QED) is 0.252. The van der Waals surface area contributed by atoms with Crippen LogP contribution in [-0.4, -0.2) is 16.1 Å². The van der Waals surface area contributed by atoms with E-state index in [0.717, 1.165) is 24.3 Å². The van der Waals surface area contributed by atoms with Gasteiger partial charge >= 0.3 is 12.2 Å². The van der Waals surface area contributed by atoms with E-state index in [4.69, 9.17) is 34.8 Å². The van der Waals surface area contributed by atoms with Gasteiger partial charge in [-0.2, -0.15) is 13.2 Å². The lowest BCUT2D eigenvalue weighted by molar-refractivity contribution is -0.137. The molecule has 1 heterocycles. The molecule has 0 saturated heterocycles. The number of urea groups is 1. The summed E-state index contributed by atoms with van der Waals surface area (Å²) in [4.78, 5) is 15.8. The molecule has 3 rings (SSSR count). The maximum Gasteiger partial charge on any atom is 0.417 e. The van der Waals surface area contributed by atoms with E-state index < -0.39 is 51.7 Å². The Hall–Kier alpha value is -2.82. The van der Waals surface area contributed by atoms with Crippen molar-refractivity contribution in [3.63, 3.8) is 0 Å². The number of anilines is 1. The molecule has 0 radical (unpaired) electrons. The minimum absolute atomic E-state index is 0.172. The number of halogens is 8. The van der Waals surface area contributed by atoms with Gasteiger partial charge in [-0.15, -0.1) is 0 Å². The van der Waals surface area contributed by atoms with Crippen LogP contribution in [0.3, 0.4) is 0 Å². The van der Waals surface area contributed by atoms with Crippen molar-refractivity contribution in [1.82, 2.24) is 10.3 Å². The number of aromatic hydroxyl groups is 1. The second-order valence-electron chi connectivity index (χ2n) is 6.50. The van der Waals surface area contributed by atoms with Crippen molar-refractivity contribution in [2.24, 2.45) is 0 Å². The van der Waals surface area contributed by atoms with Crippen molar-refractivity contribution in [2.45, 2.75) is 12.7 Å². The van der Waals surface area contributed by atoms with Crippen molar-refractivity contribution >= 4 is 46.5 Å². The standard InChI is InChI=1S/C20H11Cl3F5N3O2/c21-10-5-14(31-19(33)30-7-9-12(24)2-1-3-13(9)25)18(32)16(23)15(10)17-11(22)4-8(6-29-17)20(26,27)28/h1-6,32H,7H2,(H2,30,31,33). The molecule has 2 aromatic carbocycles. The van der Waals surface area contributed by atoms with Crippen LogP contribution in [0.4, 0.5) is 32.4 Å². The average molecular weight is 527 g/mol. The van der Waals surface area contributed by atoms with Crippen LogP contribution in [0.2, 0.25) is 15.1 Å². The van der Waals surface area contributed by atoms with E-state index in [2.05, 4.69) is 15.6 Å². The zero-order chi connectivity index (χ0) is 24.5. The molecule has 3 N–H and O–H groups in total. The first-order valence-corrected chi connectivity index (χ1v) is 9.95. The van der Waals surface area contributed by atoms with E-state index in [9.17, 15) is 31.9 Å².